The van der Waals surface area contributed by atoms with Gasteiger partial charge in [0.1, 0.15) is 6.29 Å². The molecule has 0 bridgehead atoms. The summed E-state index contributed by atoms with van der Waals surface area (Å²) in [5, 5.41) is 10.9. The lowest BCUT2D eigenvalue weighted by molar-refractivity contribution is -0.255. The van der Waals surface area contributed by atoms with Gasteiger partial charge in [0.05, 0.1) is 6.10 Å². The molecule has 182 valence electrons. The number of aliphatic hydroxyl groups is 1. The SMILES string of the molecule is C[C@H]1[C@@H]2[C@H]3CC[C@@H]4[C@@]5(C)CC[C@H](O)C(C)(C)[C@@H]5CC[C@@]4(C)[C@]3(C)CC[C@@]2(C)CC[C@H]1C=O. The molecule has 0 radical (unpaired) electrons. The van der Waals surface area contributed by atoms with Gasteiger partial charge in [0.15, 0.2) is 0 Å². The van der Waals surface area contributed by atoms with Crippen molar-refractivity contribution in [1.29, 1.82) is 0 Å². The van der Waals surface area contributed by atoms with Crippen LogP contribution in [0.2, 0.25) is 0 Å². The lowest BCUT2D eigenvalue weighted by Gasteiger charge is -2.74. The maximum atomic E-state index is 11.9. The van der Waals surface area contributed by atoms with E-state index in [1.807, 2.05) is 0 Å². The summed E-state index contributed by atoms with van der Waals surface area (Å²) in [5.41, 5.74) is 1.59. The number of aliphatic hydroxyl groups excluding tert-OH is 1. The summed E-state index contributed by atoms with van der Waals surface area (Å²) in [7, 11) is 0. The molecule has 2 nitrogen and oxygen atoms in total. The van der Waals surface area contributed by atoms with Crippen LogP contribution in [0.3, 0.4) is 0 Å². The molecular weight excluding hydrogens is 392 g/mol. The molecule has 5 aliphatic rings. The van der Waals surface area contributed by atoms with Crippen molar-refractivity contribution in [3.05, 3.63) is 0 Å². The summed E-state index contributed by atoms with van der Waals surface area (Å²) in [6, 6.07) is 0. The molecule has 0 aromatic heterocycles. The molecule has 0 unspecified atom stereocenters. The van der Waals surface area contributed by atoms with Crippen molar-refractivity contribution in [2.75, 3.05) is 0 Å². The molecule has 5 rings (SSSR count). The zero-order valence-electron chi connectivity index (χ0n) is 22.0. The minimum absolute atomic E-state index is 0.0340. The molecule has 0 aliphatic heterocycles. The fraction of sp³-hybridized carbons (Fsp3) is 0.967. The predicted octanol–water partition coefficient (Wildman–Crippen LogP) is 7.28. The van der Waals surface area contributed by atoms with Gasteiger partial charge in [-0.25, -0.2) is 0 Å². The van der Waals surface area contributed by atoms with E-state index in [2.05, 4.69) is 48.5 Å². The Morgan fingerprint density at radius 1 is 0.750 bits per heavy atom. The molecule has 5 fully saturated rings. The number of fused-ring (bicyclic) bond motifs is 7. The fourth-order valence-corrected chi connectivity index (χ4v) is 11.7. The zero-order valence-corrected chi connectivity index (χ0v) is 22.0. The lowest BCUT2D eigenvalue weighted by atomic mass is 9.31. The number of carbonyl (C=O) groups excluding carboxylic acids is 1. The predicted molar refractivity (Wildman–Crippen MR) is 131 cm³/mol. The van der Waals surface area contributed by atoms with Crippen molar-refractivity contribution in [1.82, 2.24) is 0 Å². The van der Waals surface area contributed by atoms with Gasteiger partial charge in [-0.2, -0.15) is 0 Å². The molecular formula is C30H50O2. The van der Waals surface area contributed by atoms with Gasteiger partial charge in [-0.3, -0.25) is 0 Å². The van der Waals surface area contributed by atoms with Gasteiger partial charge in [0, 0.05) is 5.92 Å². The molecule has 11 atom stereocenters. The minimum atomic E-state index is -0.143. The molecule has 0 heterocycles. The topological polar surface area (TPSA) is 37.3 Å². The van der Waals surface area contributed by atoms with Gasteiger partial charge in [-0.1, -0.05) is 48.5 Å². The smallest absolute Gasteiger partial charge is 0.123 e. The Morgan fingerprint density at radius 2 is 1.47 bits per heavy atom. The fourth-order valence-electron chi connectivity index (χ4n) is 11.7. The first-order valence-electron chi connectivity index (χ1n) is 14.0. The normalized spacial score (nSPS) is 59.2. The molecule has 0 aromatic rings. The van der Waals surface area contributed by atoms with Gasteiger partial charge in [-0.05, 0) is 121 Å². The number of aldehydes is 1. The van der Waals surface area contributed by atoms with E-state index in [0.717, 1.165) is 24.7 Å². The Morgan fingerprint density at radius 3 is 2.16 bits per heavy atom. The second kappa shape index (κ2) is 7.08. The highest BCUT2D eigenvalue weighted by atomic mass is 16.3. The van der Waals surface area contributed by atoms with E-state index in [9.17, 15) is 9.90 Å². The van der Waals surface area contributed by atoms with E-state index in [4.69, 9.17) is 0 Å². The highest BCUT2D eigenvalue weighted by Crippen LogP contribution is 2.76. The van der Waals surface area contributed by atoms with Crippen molar-refractivity contribution < 1.29 is 9.90 Å². The number of hydrogen-bond acceptors (Lipinski definition) is 2. The van der Waals surface area contributed by atoms with Gasteiger partial charge < -0.3 is 9.90 Å². The van der Waals surface area contributed by atoms with Crippen LogP contribution in [-0.4, -0.2) is 17.5 Å². The summed E-state index contributed by atoms with van der Waals surface area (Å²) < 4.78 is 0. The van der Waals surface area contributed by atoms with Crippen LogP contribution < -0.4 is 0 Å². The second-order valence-electron chi connectivity index (χ2n) is 14.9. The molecule has 5 saturated carbocycles. The minimum Gasteiger partial charge on any atom is -0.393 e. The van der Waals surface area contributed by atoms with Crippen molar-refractivity contribution in [3.8, 4) is 0 Å². The molecule has 5 aliphatic carbocycles. The molecule has 32 heavy (non-hydrogen) atoms. The third kappa shape index (κ3) is 2.71. The largest absolute Gasteiger partial charge is 0.393 e. The first-order valence-corrected chi connectivity index (χ1v) is 14.0. The average Bonchev–Trinajstić information content (AvgIpc) is 2.72. The van der Waals surface area contributed by atoms with E-state index in [1.54, 1.807) is 0 Å². The zero-order chi connectivity index (χ0) is 23.3. The quantitative estimate of drug-likeness (QED) is 0.433. The van der Waals surface area contributed by atoms with Gasteiger partial charge in [0.2, 0.25) is 0 Å². The van der Waals surface area contributed by atoms with Crippen LogP contribution in [0.1, 0.15) is 113 Å². The summed E-state index contributed by atoms with van der Waals surface area (Å²) in [4.78, 5) is 11.9. The summed E-state index contributed by atoms with van der Waals surface area (Å²) in [6.07, 6.45) is 13.8. The molecule has 0 spiro atoms. The van der Waals surface area contributed by atoms with Crippen LogP contribution in [0.4, 0.5) is 0 Å². The van der Waals surface area contributed by atoms with Crippen LogP contribution in [0.25, 0.3) is 0 Å². The third-order valence-electron chi connectivity index (χ3n) is 13.8. The first-order chi connectivity index (χ1) is 14.8. The van der Waals surface area contributed by atoms with E-state index >= 15 is 0 Å². The number of carbonyl (C=O) groups is 1. The molecule has 0 saturated heterocycles. The van der Waals surface area contributed by atoms with E-state index in [-0.39, 0.29) is 17.4 Å². The van der Waals surface area contributed by atoms with Crippen molar-refractivity contribution in [2.45, 2.75) is 119 Å². The highest BCUT2D eigenvalue weighted by molar-refractivity contribution is 5.54. The van der Waals surface area contributed by atoms with Crippen LogP contribution >= 0.6 is 0 Å². The Balaban J connectivity index is 1.53. The standard InChI is InChI=1S/C30H50O2/c1-19-20(18-31)10-13-27(4)16-17-29(6)21(25(19)27)8-9-23-28(5)14-12-24(32)26(2,3)22(28)11-15-30(23,29)7/h18-25,32H,8-17H2,1-7H3/t19-,20+,21-,22+,23-,24+,25-,27-,28+,29-,30-/m1/s1. The maximum absolute atomic E-state index is 11.9. The highest BCUT2D eigenvalue weighted by Gasteiger charge is 2.69. The van der Waals surface area contributed by atoms with Gasteiger partial charge in [-0.15, -0.1) is 0 Å². The second-order valence-corrected chi connectivity index (χ2v) is 14.9. The van der Waals surface area contributed by atoms with Crippen LogP contribution in [0, 0.1) is 62.6 Å². The molecule has 1 N–H and O–H groups in total. The average molecular weight is 443 g/mol. The molecule has 0 amide bonds. The van der Waals surface area contributed by atoms with Gasteiger partial charge in [0.25, 0.3) is 0 Å². The summed E-state index contributed by atoms with van der Waals surface area (Å²) >= 11 is 0. The molecule has 2 heteroatoms. The Kier molecular flexibility index (Phi) is 5.17. The first kappa shape index (κ1) is 23.4. The van der Waals surface area contributed by atoms with E-state index in [1.165, 1.54) is 57.7 Å². The Hall–Kier alpha value is -0.370. The van der Waals surface area contributed by atoms with Crippen LogP contribution in [-0.2, 0) is 4.79 Å². The van der Waals surface area contributed by atoms with Crippen molar-refractivity contribution >= 4 is 6.29 Å². The maximum Gasteiger partial charge on any atom is 0.123 e. The third-order valence-corrected chi connectivity index (χ3v) is 13.8. The van der Waals surface area contributed by atoms with Gasteiger partial charge >= 0.3 is 0 Å². The molecule has 0 aromatic carbocycles. The van der Waals surface area contributed by atoms with Crippen LogP contribution in [0.5, 0.6) is 0 Å². The van der Waals surface area contributed by atoms with E-state index < -0.39 is 0 Å². The number of hydrogen-bond donors (Lipinski definition) is 1. The summed E-state index contributed by atoms with van der Waals surface area (Å²) in [6.45, 7) is 17.7. The Bertz CT molecular complexity index is 773. The number of rotatable bonds is 1. The monoisotopic (exact) mass is 442 g/mol. The van der Waals surface area contributed by atoms with E-state index in [0.29, 0.717) is 39.4 Å². The Labute approximate surface area is 197 Å². The van der Waals surface area contributed by atoms with Crippen molar-refractivity contribution in [3.63, 3.8) is 0 Å². The van der Waals surface area contributed by atoms with Crippen molar-refractivity contribution in [2.24, 2.45) is 62.6 Å². The summed E-state index contributed by atoms with van der Waals surface area (Å²) in [5.74, 6) is 3.69. The van der Waals surface area contributed by atoms with Crippen LogP contribution in [0.15, 0.2) is 0 Å². The lowest BCUT2D eigenvalue weighted by Crippen LogP contribution is -2.67.